The molecule has 0 saturated carbocycles. The number of amides is 6. The van der Waals surface area contributed by atoms with Crippen molar-refractivity contribution >= 4 is 65.5 Å². The highest BCUT2D eigenvalue weighted by atomic mass is 16.6. The molecule has 0 spiro atoms. The van der Waals surface area contributed by atoms with Gasteiger partial charge in [0.15, 0.2) is 0 Å². The first-order valence-electron chi connectivity index (χ1n) is 32.3. The standard InChI is InChI=1S/C66H100N6O19/c1-8-12-37-86-58(76)32-28-53(63(81)88-39-14-10-3)71-55(73)30-27-52(62(80)72-54(64(82)89-40-15-11-4)29-33-59(77)87-38-13-9-2)70-57(75)45-85-43-42-84-41-36-67-61(79)51(69-56(74)31-34-60(78)91-66(5,6)7)26-20-21-35-68-65(83)90-44-50-48-24-18-16-22-46(48)47-23-17-19-25-49(47)50/h16-19,22-25,50-54H,8-15,20-21,26-45H2,1-7H3,(H,67,79)(H,68,83)(H,69,74)(H,70,75)(H,71,73)(H,72,80). The molecule has 25 nitrogen and oxygen atoms in total. The Bertz CT molecular complexity index is 2560. The van der Waals surface area contributed by atoms with Gasteiger partial charge in [-0.1, -0.05) is 102 Å². The van der Waals surface area contributed by atoms with Crippen molar-refractivity contribution in [1.82, 2.24) is 31.9 Å². The van der Waals surface area contributed by atoms with Gasteiger partial charge in [0.05, 0.1) is 52.7 Å². The zero-order chi connectivity index (χ0) is 66.8. The van der Waals surface area contributed by atoms with E-state index < -0.39 is 108 Å². The molecule has 1 aliphatic carbocycles. The molecule has 4 atom stereocenters. The van der Waals surface area contributed by atoms with Gasteiger partial charge >= 0.3 is 35.9 Å². The van der Waals surface area contributed by atoms with Gasteiger partial charge in [-0.25, -0.2) is 14.4 Å². The summed E-state index contributed by atoms with van der Waals surface area (Å²) < 4.78 is 43.3. The fraction of sp³-hybridized carbons (Fsp3) is 0.652. The molecule has 0 radical (unpaired) electrons. The molecule has 0 bridgehead atoms. The highest BCUT2D eigenvalue weighted by Gasteiger charge is 2.32. The van der Waals surface area contributed by atoms with Crippen LogP contribution in [0.1, 0.15) is 188 Å². The normalized spacial score (nSPS) is 12.9. The van der Waals surface area contributed by atoms with E-state index in [0.717, 1.165) is 41.5 Å². The Hall–Kier alpha value is -7.67. The van der Waals surface area contributed by atoms with E-state index in [-0.39, 0.29) is 123 Å². The molecular formula is C66H100N6O19. The van der Waals surface area contributed by atoms with E-state index >= 15 is 0 Å². The van der Waals surface area contributed by atoms with Crippen LogP contribution in [0.2, 0.25) is 0 Å². The number of carbonyl (C=O) groups excluding carboxylic acids is 11. The Balaban J connectivity index is 1.59. The second-order valence-electron chi connectivity index (χ2n) is 23.0. The van der Waals surface area contributed by atoms with Gasteiger partial charge in [-0.2, -0.15) is 0 Å². The van der Waals surface area contributed by atoms with Crippen LogP contribution in [-0.2, 0) is 85.8 Å². The first kappa shape index (κ1) is 77.6. The second kappa shape index (κ2) is 44.7. The van der Waals surface area contributed by atoms with E-state index in [4.69, 9.17) is 37.9 Å². The maximum Gasteiger partial charge on any atom is 0.407 e. The van der Waals surface area contributed by atoms with Gasteiger partial charge in [-0.05, 0) is 107 Å². The molecule has 1 aliphatic rings. The average molecular weight is 1280 g/mol. The molecule has 0 heterocycles. The van der Waals surface area contributed by atoms with E-state index in [0.29, 0.717) is 44.9 Å². The minimum Gasteiger partial charge on any atom is -0.466 e. The summed E-state index contributed by atoms with van der Waals surface area (Å²) in [6.07, 6.45) is 3.94. The SMILES string of the molecule is CCCCOC(=O)CCC(NC(=O)CCC(NC(=O)COCCOCCNC(=O)C(CCCCNC(=O)OCC1c2ccccc2-c2ccccc21)NC(=O)CCC(=O)OC(C)(C)C)C(=O)NC(CCC(=O)OCCCC)C(=O)OCCCC)C(=O)OCCCC. The van der Waals surface area contributed by atoms with Crippen LogP contribution in [0.4, 0.5) is 4.79 Å². The number of carbonyl (C=O) groups is 11. The van der Waals surface area contributed by atoms with Gasteiger partial charge < -0.3 is 69.8 Å². The zero-order valence-electron chi connectivity index (χ0n) is 54.5. The molecule has 508 valence electrons. The quantitative estimate of drug-likeness (QED) is 0.0230. The third-order valence-electron chi connectivity index (χ3n) is 14.1. The molecule has 4 unspecified atom stereocenters. The lowest BCUT2D eigenvalue weighted by Gasteiger charge is -2.23. The van der Waals surface area contributed by atoms with Crippen molar-refractivity contribution < 1.29 is 90.6 Å². The molecule has 3 rings (SSSR count). The molecule has 6 amide bonds. The summed E-state index contributed by atoms with van der Waals surface area (Å²) in [6, 6.07) is 11.0. The fourth-order valence-electron chi connectivity index (χ4n) is 9.19. The molecule has 6 N–H and O–H groups in total. The number of alkyl carbamates (subject to hydrolysis) is 1. The van der Waals surface area contributed by atoms with Gasteiger partial charge in [0.1, 0.15) is 43.0 Å². The highest BCUT2D eigenvalue weighted by molar-refractivity contribution is 5.92. The highest BCUT2D eigenvalue weighted by Crippen LogP contribution is 2.44. The Morgan fingerprint density at radius 1 is 0.429 bits per heavy atom. The third-order valence-corrected chi connectivity index (χ3v) is 14.1. The molecule has 0 saturated heterocycles. The maximum absolute atomic E-state index is 14.0. The summed E-state index contributed by atoms with van der Waals surface area (Å²) >= 11 is 0. The number of hydrogen-bond donors (Lipinski definition) is 6. The van der Waals surface area contributed by atoms with Crippen LogP contribution in [0.3, 0.4) is 0 Å². The van der Waals surface area contributed by atoms with Crippen molar-refractivity contribution in [3.63, 3.8) is 0 Å². The molecule has 2 aromatic carbocycles. The van der Waals surface area contributed by atoms with E-state index in [9.17, 15) is 52.7 Å². The topological polar surface area (TPSA) is 334 Å². The molecule has 2 aromatic rings. The van der Waals surface area contributed by atoms with Gasteiger partial charge in [0, 0.05) is 44.7 Å². The minimum absolute atomic E-state index is 0.00611. The summed E-state index contributed by atoms with van der Waals surface area (Å²) in [6.45, 7) is 13.0. The Kier molecular flexibility index (Phi) is 38.1. The van der Waals surface area contributed by atoms with Crippen LogP contribution in [0.25, 0.3) is 11.1 Å². The van der Waals surface area contributed by atoms with Gasteiger partial charge in [0.25, 0.3) is 0 Å². The third kappa shape index (κ3) is 32.8. The predicted octanol–water partition coefficient (Wildman–Crippen LogP) is 6.62. The molecule has 0 aromatic heterocycles. The number of benzene rings is 2. The van der Waals surface area contributed by atoms with Crippen molar-refractivity contribution in [3.05, 3.63) is 59.7 Å². The molecule has 25 heteroatoms. The molecule has 91 heavy (non-hydrogen) atoms. The summed E-state index contributed by atoms with van der Waals surface area (Å²) in [5.74, 6) is -6.86. The monoisotopic (exact) mass is 1280 g/mol. The summed E-state index contributed by atoms with van der Waals surface area (Å²) in [4.78, 5) is 144. The smallest absolute Gasteiger partial charge is 0.407 e. The Morgan fingerprint density at radius 3 is 1.47 bits per heavy atom. The number of hydrogen-bond acceptors (Lipinski definition) is 19. The van der Waals surface area contributed by atoms with E-state index in [2.05, 4.69) is 44.0 Å². The zero-order valence-corrected chi connectivity index (χ0v) is 54.5. The van der Waals surface area contributed by atoms with Crippen molar-refractivity contribution in [3.8, 4) is 11.1 Å². The van der Waals surface area contributed by atoms with Crippen molar-refractivity contribution in [2.75, 3.05) is 72.6 Å². The first-order chi connectivity index (χ1) is 43.7. The largest absolute Gasteiger partial charge is 0.466 e. The number of fused-ring (bicyclic) bond motifs is 3. The first-order valence-corrected chi connectivity index (χ1v) is 32.3. The summed E-state index contributed by atoms with van der Waals surface area (Å²) in [5.41, 5.74) is 3.64. The Labute approximate surface area is 535 Å². The molecule has 0 aliphatic heterocycles. The fourth-order valence-corrected chi connectivity index (χ4v) is 9.19. The molecular weight excluding hydrogens is 1180 g/mol. The lowest BCUT2D eigenvalue weighted by molar-refractivity contribution is -0.156. The van der Waals surface area contributed by atoms with Crippen LogP contribution in [0.5, 0.6) is 0 Å². The number of rotatable bonds is 47. The second-order valence-corrected chi connectivity index (χ2v) is 23.0. The van der Waals surface area contributed by atoms with E-state index in [1.54, 1.807) is 20.8 Å². The summed E-state index contributed by atoms with van der Waals surface area (Å²) in [5, 5.41) is 15.9. The minimum atomic E-state index is -1.46. The van der Waals surface area contributed by atoms with Gasteiger partial charge in [-0.3, -0.25) is 38.4 Å². The maximum atomic E-state index is 14.0. The lowest BCUT2D eigenvalue weighted by atomic mass is 9.98. The summed E-state index contributed by atoms with van der Waals surface area (Å²) in [7, 11) is 0. The lowest BCUT2D eigenvalue weighted by Crippen LogP contribution is -2.53. The number of esters is 5. The average Bonchev–Trinajstić information content (AvgIpc) is 1.63. The van der Waals surface area contributed by atoms with Crippen molar-refractivity contribution in [1.29, 1.82) is 0 Å². The number of nitrogens with one attached hydrogen (secondary N) is 6. The van der Waals surface area contributed by atoms with Crippen LogP contribution >= 0.6 is 0 Å². The predicted molar refractivity (Wildman–Crippen MR) is 336 cm³/mol. The van der Waals surface area contributed by atoms with Gasteiger partial charge in [-0.15, -0.1) is 0 Å². The van der Waals surface area contributed by atoms with E-state index in [1.165, 1.54) is 0 Å². The number of unbranched alkanes of at least 4 members (excludes halogenated alkanes) is 5. The van der Waals surface area contributed by atoms with Crippen LogP contribution in [-0.4, -0.2) is 168 Å². The Morgan fingerprint density at radius 2 is 0.912 bits per heavy atom. The number of ether oxygens (including phenoxy) is 8. The van der Waals surface area contributed by atoms with Gasteiger partial charge in [0.2, 0.25) is 29.5 Å². The van der Waals surface area contributed by atoms with E-state index in [1.807, 2.05) is 64.1 Å². The van der Waals surface area contributed by atoms with Crippen LogP contribution in [0.15, 0.2) is 48.5 Å². The molecule has 0 fully saturated rings. The van der Waals surface area contributed by atoms with Crippen LogP contribution in [0, 0.1) is 0 Å². The van der Waals surface area contributed by atoms with Crippen molar-refractivity contribution in [2.24, 2.45) is 0 Å². The van der Waals surface area contributed by atoms with Crippen LogP contribution < -0.4 is 31.9 Å². The van der Waals surface area contributed by atoms with Crippen molar-refractivity contribution in [2.45, 2.75) is 206 Å².